The van der Waals surface area contributed by atoms with Crippen LogP contribution in [0.1, 0.15) is 35.3 Å². The molecule has 1 N–H and O–H groups in total. The van der Waals surface area contributed by atoms with Crippen molar-refractivity contribution in [2.24, 2.45) is 0 Å². The Hall–Kier alpha value is -2.62. The molecule has 7 nitrogen and oxygen atoms in total. The topological polar surface area (TPSA) is 85.8 Å². The number of hydrogen-bond donors (Lipinski definition) is 1. The quantitative estimate of drug-likeness (QED) is 0.256. The zero-order chi connectivity index (χ0) is 21.6. The number of carbonyl (C=O) groups is 1. The molecule has 10 heteroatoms. The summed E-state index contributed by atoms with van der Waals surface area (Å²) in [5.74, 6) is 1.62. The van der Waals surface area contributed by atoms with Crippen LogP contribution in [0.25, 0.3) is 17.3 Å². The first-order chi connectivity index (χ1) is 15.2. The number of unbranched alkanes of at least 4 members (excludes halogenated alkanes) is 1. The number of benzene rings is 1. The molecule has 0 saturated heterocycles. The third-order valence-electron chi connectivity index (χ3n) is 4.37. The van der Waals surface area contributed by atoms with E-state index in [2.05, 4.69) is 27.4 Å². The van der Waals surface area contributed by atoms with E-state index in [1.165, 1.54) is 23.1 Å². The van der Waals surface area contributed by atoms with Crippen molar-refractivity contribution in [2.45, 2.75) is 30.7 Å². The summed E-state index contributed by atoms with van der Waals surface area (Å²) in [6.07, 6.45) is 3.59. The van der Waals surface area contributed by atoms with Crippen molar-refractivity contribution in [3.8, 4) is 17.3 Å². The second-order valence-electron chi connectivity index (χ2n) is 6.62. The summed E-state index contributed by atoms with van der Waals surface area (Å²) in [5.41, 5.74) is 1.28. The predicted octanol–water partition coefficient (Wildman–Crippen LogP) is 5.46. The number of nitrogens with zero attached hydrogens (tertiary/aromatic N) is 4. The van der Waals surface area contributed by atoms with Gasteiger partial charge in [0.25, 0.3) is 5.91 Å². The Labute approximate surface area is 192 Å². The smallest absolute Gasteiger partial charge is 0.270 e. The van der Waals surface area contributed by atoms with Gasteiger partial charge in [-0.1, -0.05) is 42.8 Å². The highest BCUT2D eigenvalue weighted by Crippen LogP contribution is 2.31. The maximum absolute atomic E-state index is 12.2. The first kappa shape index (κ1) is 21.6. The Morgan fingerprint density at radius 3 is 2.97 bits per heavy atom. The van der Waals surface area contributed by atoms with Crippen molar-refractivity contribution < 1.29 is 9.21 Å². The van der Waals surface area contributed by atoms with E-state index in [0.717, 1.165) is 23.5 Å². The highest BCUT2D eigenvalue weighted by molar-refractivity contribution is 7.98. The first-order valence-electron chi connectivity index (χ1n) is 9.76. The summed E-state index contributed by atoms with van der Waals surface area (Å²) in [7, 11) is 0. The van der Waals surface area contributed by atoms with Crippen molar-refractivity contribution in [3.63, 3.8) is 0 Å². The molecule has 0 fully saturated rings. The molecule has 0 aliphatic heterocycles. The fourth-order valence-electron chi connectivity index (χ4n) is 2.85. The van der Waals surface area contributed by atoms with Crippen molar-refractivity contribution in [1.82, 2.24) is 25.1 Å². The summed E-state index contributed by atoms with van der Waals surface area (Å²) >= 11 is 9.15. The zero-order valence-corrected chi connectivity index (χ0v) is 19.1. The van der Waals surface area contributed by atoms with Gasteiger partial charge in [0, 0.05) is 16.9 Å². The van der Waals surface area contributed by atoms with E-state index in [0.29, 0.717) is 39.8 Å². The number of halogens is 1. The van der Waals surface area contributed by atoms with Crippen LogP contribution in [-0.4, -0.2) is 32.2 Å². The maximum Gasteiger partial charge on any atom is 0.270 e. The molecule has 0 saturated carbocycles. The van der Waals surface area contributed by atoms with Gasteiger partial charge in [-0.15, -0.1) is 21.5 Å². The van der Waals surface area contributed by atoms with Gasteiger partial charge in [-0.25, -0.2) is 4.98 Å². The number of aromatic nitrogens is 4. The van der Waals surface area contributed by atoms with E-state index in [1.54, 1.807) is 11.6 Å². The predicted molar refractivity (Wildman–Crippen MR) is 123 cm³/mol. The summed E-state index contributed by atoms with van der Waals surface area (Å²) in [6, 6.07) is 11.1. The number of amides is 1. The molecule has 160 valence electrons. The Balaban J connectivity index is 1.54. The van der Waals surface area contributed by atoms with E-state index >= 15 is 0 Å². The molecule has 0 aliphatic rings. The number of thioether (sulfide) groups is 1. The molecule has 0 spiro atoms. The normalized spacial score (nSPS) is 11.0. The number of rotatable bonds is 9. The van der Waals surface area contributed by atoms with Crippen LogP contribution in [0.3, 0.4) is 0 Å². The average Bonchev–Trinajstić information content (AvgIpc) is 3.52. The Kier molecular flexibility index (Phi) is 7.06. The fraction of sp³-hybridized carbons (Fsp3) is 0.238. The van der Waals surface area contributed by atoms with Crippen LogP contribution in [0.5, 0.6) is 0 Å². The molecular weight excluding hydrogens is 454 g/mol. The number of hydrogen-bond acceptors (Lipinski definition) is 7. The molecule has 0 atom stereocenters. The number of nitrogens with one attached hydrogen (secondary N) is 1. The van der Waals surface area contributed by atoms with Crippen molar-refractivity contribution in [2.75, 3.05) is 6.54 Å². The van der Waals surface area contributed by atoms with E-state index in [1.807, 2.05) is 41.0 Å². The van der Waals surface area contributed by atoms with Gasteiger partial charge < -0.3 is 9.73 Å². The highest BCUT2D eigenvalue weighted by Gasteiger charge is 2.19. The van der Waals surface area contributed by atoms with E-state index in [-0.39, 0.29) is 5.91 Å². The minimum absolute atomic E-state index is 0.136. The van der Waals surface area contributed by atoms with Gasteiger partial charge in [-0.2, -0.15) is 0 Å². The fourth-order valence-corrected chi connectivity index (χ4v) is 4.78. The molecule has 3 aromatic heterocycles. The summed E-state index contributed by atoms with van der Waals surface area (Å²) in [6.45, 7) is 2.75. The number of carbonyl (C=O) groups excluding carboxylic acids is 1. The van der Waals surface area contributed by atoms with Gasteiger partial charge in [0.05, 0.1) is 17.7 Å². The molecule has 1 aromatic carbocycles. The monoisotopic (exact) mass is 473 g/mol. The largest absolute Gasteiger partial charge is 0.461 e. The van der Waals surface area contributed by atoms with Gasteiger partial charge in [-0.3, -0.25) is 9.36 Å². The van der Waals surface area contributed by atoms with E-state index < -0.39 is 0 Å². The molecule has 1 amide bonds. The Bertz CT molecular complexity index is 1160. The Morgan fingerprint density at radius 2 is 2.19 bits per heavy atom. The van der Waals surface area contributed by atoms with Crippen molar-refractivity contribution >= 4 is 40.6 Å². The number of furan rings is 1. The van der Waals surface area contributed by atoms with Gasteiger partial charge >= 0.3 is 0 Å². The minimum atomic E-state index is -0.136. The molecule has 31 heavy (non-hydrogen) atoms. The third kappa shape index (κ3) is 5.17. The lowest BCUT2D eigenvalue weighted by Crippen LogP contribution is -2.24. The maximum atomic E-state index is 12.2. The van der Waals surface area contributed by atoms with Crippen LogP contribution in [-0.2, 0) is 5.75 Å². The standard InChI is InChI=1S/C21H20ClN5O2S2/c1-2-3-9-23-20(28)16-12-30-18(24-16)13-31-21-26-25-19(17-8-5-10-29-17)27(21)15-7-4-6-14(22)11-15/h4-8,10-12H,2-3,9,13H2,1H3,(H,23,28). The van der Waals surface area contributed by atoms with Crippen LogP contribution in [0.2, 0.25) is 5.02 Å². The van der Waals surface area contributed by atoms with Gasteiger partial charge in [0.2, 0.25) is 5.82 Å². The second-order valence-corrected chi connectivity index (χ2v) is 8.94. The van der Waals surface area contributed by atoms with E-state index in [9.17, 15) is 4.79 Å². The lowest BCUT2D eigenvalue weighted by molar-refractivity contribution is 0.0948. The molecule has 0 unspecified atom stereocenters. The molecule has 3 heterocycles. The van der Waals surface area contributed by atoms with Crippen LogP contribution >= 0.6 is 34.7 Å². The van der Waals surface area contributed by atoms with Crippen molar-refractivity contribution in [1.29, 1.82) is 0 Å². The molecule has 4 rings (SSSR count). The van der Waals surface area contributed by atoms with Crippen LogP contribution in [0.15, 0.2) is 57.6 Å². The van der Waals surface area contributed by atoms with Crippen LogP contribution < -0.4 is 5.32 Å². The number of thiazole rings is 1. The third-order valence-corrected chi connectivity index (χ3v) is 6.57. The average molecular weight is 474 g/mol. The van der Waals surface area contributed by atoms with Gasteiger partial charge in [-0.05, 0) is 36.8 Å². The second kappa shape index (κ2) is 10.1. The molecule has 0 radical (unpaired) electrons. The summed E-state index contributed by atoms with van der Waals surface area (Å²) < 4.78 is 7.44. The van der Waals surface area contributed by atoms with Crippen LogP contribution in [0, 0.1) is 0 Å². The first-order valence-corrected chi connectivity index (χ1v) is 12.0. The highest BCUT2D eigenvalue weighted by atomic mass is 35.5. The van der Waals surface area contributed by atoms with Crippen LogP contribution in [0.4, 0.5) is 0 Å². The SMILES string of the molecule is CCCCNC(=O)c1csc(CSc2nnc(-c3ccco3)n2-c2cccc(Cl)c2)n1. The molecule has 0 bridgehead atoms. The molecular formula is C21H20ClN5O2S2. The summed E-state index contributed by atoms with van der Waals surface area (Å²) in [5, 5.41) is 15.5. The van der Waals surface area contributed by atoms with Crippen molar-refractivity contribution in [3.05, 3.63) is 63.8 Å². The summed E-state index contributed by atoms with van der Waals surface area (Å²) in [4.78, 5) is 16.7. The molecule has 0 aliphatic carbocycles. The minimum Gasteiger partial charge on any atom is -0.461 e. The zero-order valence-electron chi connectivity index (χ0n) is 16.7. The lowest BCUT2D eigenvalue weighted by atomic mass is 10.3. The van der Waals surface area contributed by atoms with Gasteiger partial charge in [0.1, 0.15) is 10.7 Å². The Morgan fingerprint density at radius 1 is 1.29 bits per heavy atom. The van der Waals surface area contributed by atoms with Gasteiger partial charge in [0.15, 0.2) is 10.9 Å². The lowest BCUT2D eigenvalue weighted by Gasteiger charge is -2.09. The molecule has 4 aromatic rings. The van der Waals surface area contributed by atoms with E-state index in [4.69, 9.17) is 16.0 Å².